The summed E-state index contributed by atoms with van der Waals surface area (Å²) in [6.45, 7) is 3.67. The lowest BCUT2D eigenvalue weighted by Crippen LogP contribution is -2.40. The average molecular weight is 273 g/mol. The molecule has 20 heavy (non-hydrogen) atoms. The second-order valence-corrected chi connectivity index (χ2v) is 5.14. The Morgan fingerprint density at radius 1 is 1.15 bits per heavy atom. The summed E-state index contributed by atoms with van der Waals surface area (Å²) in [6, 6.07) is 12.1. The van der Waals surface area contributed by atoms with Crippen LogP contribution >= 0.6 is 0 Å². The van der Waals surface area contributed by atoms with Crippen molar-refractivity contribution in [1.82, 2.24) is 5.32 Å². The molecule has 0 atom stereocenters. The highest BCUT2D eigenvalue weighted by atomic mass is 19.1. The highest BCUT2D eigenvalue weighted by Gasteiger charge is 2.23. The standard InChI is InChI=1S/C16H16FNO2/c1-16(2,12-6-8-13(17)9-7-12)18-15(20)11-4-3-5-14(19)10-11/h3-10,19H,1-2H3,(H,18,20). The number of aromatic hydroxyl groups is 1. The number of benzene rings is 2. The van der Waals surface area contributed by atoms with Crippen molar-refractivity contribution in [2.45, 2.75) is 19.4 Å². The third-order valence-corrected chi connectivity index (χ3v) is 3.10. The van der Waals surface area contributed by atoms with Gasteiger partial charge < -0.3 is 10.4 Å². The Morgan fingerprint density at radius 3 is 2.40 bits per heavy atom. The molecule has 0 bridgehead atoms. The molecular weight excluding hydrogens is 257 g/mol. The summed E-state index contributed by atoms with van der Waals surface area (Å²) in [5.74, 6) is -0.573. The minimum absolute atomic E-state index is 0.0391. The van der Waals surface area contributed by atoms with Crippen molar-refractivity contribution < 1.29 is 14.3 Å². The van der Waals surface area contributed by atoms with E-state index in [0.29, 0.717) is 5.56 Å². The summed E-state index contributed by atoms with van der Waals surface area (Å²) in [7, 11) is 0. The van der Waals surface area contributed by atoms with Gasteiger partial charge in [0.25, 0.3) is 5.91 Å². The molecule has 0 aliphatic heterocycles. The van der Waals surface area contributed by atoms with Gasteiger partial charge in [0.15, 0.2) is 0 Å². The van der Waals surface area contributed by atoms with E-state index in [1.807, 2.05) is 13.8 Å². The first-order valence-corrected chi connectivity index (χ1v) is 6.26. The predicted molar refractivity (Wildman–Crippen MR) is 75.0 cm³/mol. The molecule has 0 aliphatic rings. The van der Waals surface area contributed by atoms with E-state index < -0.39 is 5.54 Å². The maximum Gasteiger partial charge on any atom is 0.252 e. The molecule has 0 saturated carbocycles. The van der Waals surface area contributed by atoms with Crippen LogP contribution in [-0.2, 0) is 5.54 Å². The molecule has 0 heterocycles. The third kappa shape index (κ3) is 3.15. The van der Waals surface area contributed by atoms with E-state index in [2.05, 4.69) is 5.32 Å². The summed E-state index contributed by atoms with van der Waals surface area (Å²) >= 11 is 0. The molecule has 4 heteroatoms. The van der Waals surface area contributed by atoms with Crippen LogP contribution in [0.4, 0.5) is 4.39 Å². The monoisotopic (exact) mass is 273 g/mol. The van der Waals surface area contributed by atoms with Crippen LogP contribution in [0.25, 0.3) is 0 Å². The Kier molecular flexibility index (Phi) is 3.74. The van der Waals surface area contributed by atoms with Gasteiger partial charge in [-0.25, -0.2) is 4.39 Å². The average Bonchev–Trinajstić information content (AvgIpc) is 2.38. The van der Waals surface area contributed by atoms with Gasteiger partial charge in [-0.05, 0) is 49.7 Å². The molecule has 0 fully saturated rings. The number of amides is 1. The third-order valence-electron chi connectivity index (χ3n) is 3.10. The summed E-state index contributed by atoms with van der Waals surface area (Å²) in [6.07, 6.45) is 0. The molecule has 0 radical (unpaired) electrons. The van der Waals surface area contributed by atoms with E-state index in [1.54, 1.807) is 24.3 Å². The lowest BCUT2D eigenvalue weighted by atomic mass is 9.94. The van der Waals surface area contributed by atoms with Crippen molar-refractivity contribution in [3.8, 4) is 5.75 Å². The number of phenolic OH excluding ortho intramolecular Hbond substituents is 1. The zero-order valence-electron chi connectivity index (χ0n) is 11.4. The molecule has 3 nitrogen and oxygen atoms in total. The van der Waals surface area contributed by atoms with Gasteiger partial charge in [0.1, 0.15) is 11.6 Å². The van der Waals surface area contributed by atoms with Crippen LogP contribution in [0.3, 0.4) is 0 Å². The van der Waals surface area contributed by atoms with E-state index in [9.17, 15) is 14.3 Å². The van der Waals surface area contributed by atoms with Crippen LogP contribution in [0.2, 0.25) is 0 Å². The van der Waals surface area contributed by atoms with Crippen molar-refractivity contribution in [1.29, 1.82) is 0 Å². The van der Waals surface area contributed by atoms with Gasteiger partial charge >= 0.3 is 0 Å². The smallest absolute Gasteiger partial charge is 0.252 e. The molecule has 0 unspecified atom stereocenters. The number of hydrogen-bond acceptors (Lipinski definition) is 2. The number of carbonyl (C=O) groups is 1. The van der Waals surface area contributed by atoms with Crippen LogP contribution in [-0.4, -0.2) is 11.0 Å². The molecule has 2 aromatic carbocycles. The number of hydrogen-bond donors (Lipinski definition) is 2. The number of halogens is 1. The van der Waals surface area contributed by atoms with E-state index >= 15 is 0 Å². The summed E-state index contributed by atoms with van der Waals surface area (Å²) in [5, 5.41) is 12.2. The molecule has 2 aromatic rings. The highest BCUT2D eigenvalue weighted by Crippen LogP contribution is 2.21. The molecule has 2 rings (SSSR count). The fourth-order valence-electron chi connectivity index (χ4n) is 1.94. The normalized spacial score (nSPS) is 11.2. The first-order valence-electron chi connectivity index (χ1n) is 6.26. The zero-order chi connectivity index (χ0) is 14.8. The van der Waals surface area contributed by atoms with Crippen molar-refractivity contribution in [3.63, 3.8) is 0 Å². The number of rotatable bonds is 3. The highest BCUT2D eigenvalue weighted by molar-refractivity contribution is 5.95. The van der Waals surface area contributed by atoms with E-state index in [1.165, 1.54) is 24.3 Å². The molecular formula is C16H16FNO2. The second-order valence-electron chi connectivity index (χ2n) is 5.14. The first-order chi connectivity index (χ1) is 9.38. The number of carbonyl (C=O) groups excluding carboxylic acids is 1. The maximum absolute atomic E-state index is 12.9. The molecule has 2 N–H and O–H groups in total. The minimum Gasteiger partial charge on any atom is -0.508 e. The van der Waals surface area contributed by atoms with Gasteiger partial charge in [0.2, 0.25) is 0 Å². The largest absolute Gasteiger partial charge is 0.508 e. The van der Waals surface area contributed by atoms with Crippen molar-refractivity contribution in [2.24, 2.45) is 0 Å². The molecule has 0 aliphatic carbocycles. The quantitative estimate of drug-likeness (QED) is 0.902. The Labute approximate surface area is 117 Å². The van der Waals surface area contributed by atoms with Crippen LogP contribution in [0.1, 0.15) is 29.8 Å². The van der Waals surface area contributed by atoms with Gasteiger partial charge in [-0.2, -0.15) is 0 Å². The van der Waals surface area contributed by atoms with Crippen LogP contribution in [0.5, 0.6) is 5.75 Å². The fraction of sp³-hybridized carbons (Fsp3) is 0.188. The Bertz CT molecular complexity index is 621. The van der Waals surface area contributed by atoms with Gasteiger partial charge in [-0.1, -0.05) is 18.2 Å². The number of phenols is 1. The molecule has 0 spiro atoms. The molecule has 104 valence electrons. The van der Waals surface area contributed by atoms with E-state index in [-0.39, 0.29) is 17.5 Å². The van der Waals surface area contributed by atoms with Gasteiger partial charge in [0, 0.05) is 5.56 Å². The van der Waals surface area contributed by atoms with Gasteiger partial charge in [0.05, 0.1) is 5.54 Å². The Hall–Kier alpha value is -2.36. The lowest BCUT2D eigenvalue weighted by molar-refractivity contribution is 0.0911. The van der Waals surface area contributed by atoms with Crippen LogP contribution < -0.4 is 5.32 Å². The van der Waals surface area contributed by atoms with Crippen LogP contribution in [0, 0.1) is 5.82 Å². The lowest BCUT2D eigenvalue weighted by Gasteiger charge is -2.27. The van der Waals surface area contributed by atoms with Gasteiger partial charge in [-0.15, -0.1) is 0 Å². The molecule has 1 amide bonds. The van der Waals surface area contributed by atoms with E-state index in [0.717, 1.165) is 5.56 Å². The number of nitrogens with one attached hydrogen (secondary N) is 1. The zero-order valence-corrected chi connectivity index (χ0v) is 11.4. The van der Waals surface area contributed by atoms with Gasteiger partial charge in [-0.3, -0.25) is 4.79 Å². The SMILES string of the molecule is CC(C)(NC(=O)c1cccc(O)c1)c1ccc(F)cc1. The summed E-state index contributed by atoms with van der Waals surface area (Å²) < 4.78 is 12.9. The Morgan fingerprint density at radius 2 is 1.80 bits per heavy atom. The van der Waals surface area contributed by atoms with Crippen molar-refractivity contribution in [3.05, 3.63) is 65.5 Å². The Balaban J connectivity index is 2.19. The van der Waals surface area contributed by atoms with Crippen molar-refractivity contribution >= 4 is 5.91 Å². The predicted octanol–water partition coefficient (Wildman–Crippen LogP) is 3.20. The summed E-state index contributed by atoms with van der Waals surface area (Å²) in [5.41, 5.74) is 0.531. The van der Waals surface area contributed by atoms with Crippen LogP contribution in [0.15, 0.2) is 48.5 Å². The minimum atomic E-state index is -0.643. The second kappa shape index (κ2) is 5.33. The summed E-state index contributed by atoms with van der Waals surface area (Å²) in [4.78, 5) is 12.2. The van der Waals surface area contributed by atoms with E-state index in [4.69, 9.17) is 0 Å². The maximum atomic E-state index is 12.9. The first kappa shape index (κ1) is 14.1. The topological polar surface area (TPSA) is 49.3 Å². The fourth-order valence-corrected chi connectivity index (χ4v) is 1.94. The molecule has 0 saturated heterocycles. The molecule has 0 aromatic heterocycles. The van der Waals surface area contributed by atoms with Crippen molar-refractivity contribution in [2.75, 3.05) is 0 Å².